The largest absolute Gasteiger partial charge is 0.324 e. The highest BCUT2D eigenvalue weighted by molar-refractivity contribution is 9.10. The Labute approximate surface area is 153 Å². The van der Waals surface area contributed by atoms with Crippen molar-refractivity contribution >= 4 is 39.3 Å². The Hall–Kier alpha value is -2.58. The average Bonchev–Trinajstić information content (AvgIpc) is 2.65. The third-order valence-corrected chi connectivity index (χ3v) is 4.47. The van der Waals surface area contributed by atoms with Crippen LogP contribution in [-0.4, -0.2) is 26.5 Å². The van der Waals surface area contributed by atoms with Crippen molar-refractivity contribution in [2.45, 2.75) is 13.0 Å². The van der Waals surface area contributed by atoms with E-state index in [-0.39, 0.29) is 0 Å². The standard InChI is InChI=1S/C17H16BrN7/c18-14-10-22-17(25-15(14)24-16-20-5-1-6-21-16)23-13-3-2-11-4-7-19-9-12(11)8-13/h1-3,5-6,8,10,19H,4,7,9H2,(H2,20,21,22,23,24,25). The predicted molar refractivity (Wildman–Crippen MR) is 100 cm³/mol. The fraction of sp³-hybridized carbons (Fsp3) is 0.176. The summed E-state index contributed by atoms with van der Waals surface area (Å²) in [6.45, 7) is 1.93. The van der Waals surface area contributed by atoms with E-state index in [0.29, 0.717) is 17.7 Å². The minimum absolute atomic E-state index is 0.479. The molecule has 4 rings (SSSR count). The number of hydrogen-bond donors (Lipinski definition) is 3. The molecular weight excluding hydrogens is 382 g/mol. The van der Waals surface area contributed by atoms with Crippen molar-refractivity contribution < 1.29 is 0 Å². The molecule has 1 aliphatic heterocycles. The van der Waals surface area contributed by atoms with E-state index in [0.717, 1.165) is 29.7 Å². The smallest absolute Gasteiger partial charge is 0.229 e. The molecule has 25 heavy (non-hydrogen) atoms. The van der Waals surface area contributed by atoms with Crippen molar-refractivity contribution in [3.8, 4) is 0 Å². The number of nitrogens with one attached hydrogen (secondary N) is 3. The summed E-state index contributed by atoms with van der Waals surface area (Å²) in [6.07, 6.45) is 6.10. The van der Waals surface area contributed by atoms with E-state index < -0.39 is 0 Å². The molecule has 0 fully saturated rings. The lowest BCUT2D eigenvalue weighted by Crippen LogP contribution is -2.23. The van der Waals surface area contributed by atoms with E-state index in [2.05, 4.69) is 70.0 Å². The van der Waals surface area contributed by atoms with Gasteiger partial charge in [-0.3, -0.25) is 0 Å². The summed E-state index contributed by atoms with van der Waals surface area (Å²) < 4.78 is 0.736. The van der Waals surface area contributed by atoms with Crippen LogP contribution in [0.3, 0.4) is 0 Å². The Bertz CT molecular complexity index is 885. The summed E-state index contributed by atoms with van der Waals surface area (Å²) in [5.41, 5.74) is 3.67. The van der Waals surface area contributed by atoms with E-state index in [1.54, 1.807) is 24.7 Å². The molecule has 3 N–H and O–H groups in total. The van der Waals surface area contributed by atoms with Gasteiger partial charge in [-0.2, -0.15) is 4.98 Å². The summed E-state index contributed by atoms with van der Waals surface area (Å²) >= 11 is 3.44. The molecule has 0 radical (unpaired) electrons. The number of rotatable bonds is 4. The van der Waals surface area contributed by atoms with Crippen molar-refractivity contribution in [3.63, 3.8) is 0 Å². The quantitative estimate of drug-likeness (QED) is 0.622. The first kappa shape index (κ1) is 15.9. The molecule has 3 heterocycles. The summed E-state index contributed by atoms with van der Waals surface area (Å²) in [7, 11) is 0. The van der Waals surface area contributed by atoms with Crippen LogP contribution in [-0.2, 0) is 13.0 Å². The molecule has 3 aromatic rings. The lowest BCUT2D eigenvalue weighted by Gasteiger charge is -2.18. The number of hydrogen-bond acceptors (Lipinski definition) is 7. The zero-order valence-corrected chi connectivity index (χ0v) is 14.9. The van der Waals surface area contributed by atoms with E-state index >= 15 is 0 Å². The molecule has 0 spiro atoms. The molecule has 0 bridgehead atoms. The summed E-state index contributed by atoms with van der Waals surface area (Å²) in [5, 5.41) is 9.72. The average molecular weight is 398 g/mol. The summed E-state index contributed by atoms with van der Waals surface area (Å²) in [4.78, 5) is 17.1. The van der Waals surface area contributed by atoms with E-state index in [1.165, 1.54) is 11.1 Å². The predicted octanol–water partition coefficient (Wildman–Crippen LogP) is 3.16. The van der Waals surface area contributed by atoms with E-state index in [1.807, 2.05) is 0 Å². The van der Waals surface area contributed by atoms with Gasteiger partial charge in [0.15, 0.2) is 5.82 Å². The normalized spacial score (nSPS) is 13.2. The van der Waals surface area contributed by atoms with Gasteiger partial charge < -0.3 is 16.0 Å². The number of anilines is 4. The van der Waals surface area contributed by atoms with E-state index in [4.69, 9.17) is 0 Å². The first-order chi connectivity index (χ1) is 12.3. The molecular formula is C17H16BrN7. The van der Waals surface area contributed by atoms with Crippen molar-refractivity contribution in [2.75, 3.05) is 17.2 Å². The van der Waals surface area contributed by atoms with Crippen LogP contribution in [0.15, 0.2) is 47.3 Å². The monoisotopic (exact) mass is 397 g/mol. The minimum Gasteiger partial charge on any atom is -0.324 e. The zero-order valence-electron chi connectivity index (χ0n) is 13.3. The number of halogens is 1. The second kappa shape index (κ2) is 7.12. The van der Waals surface area contributed by atoms with Crippen LogP contribution in [0.25, 0.3) is 0 Å². The Morgan fingerprint density at radius 3 is 2.76 bits per heavy atom. The Morgan fingerprint density at radius 2 is 1.88 bits per heavy atom. The van der Waals surface area contributed by atoms with Crippen molar-refractivity contribution in [3.05, 3.63) is 58.5 Å². The van der Waals surface area contributed by atoms with Gasteiger partial charge in [0.1, 0.15) is 0 Å². The van der Waals surface area contributed by atoms with Gasteiger partial charge in [0.25, 0.3) is 0 Å². The Morgan fingerprint density at radius 1 is 1.00 bits per heavy atom. The maximum absolute atomic E-state index is 4.50. The number of fused-ring (bicyclic) bond motifs is 1. The summed E-state index contributed by atoms with van der Waals surface area (Å²) in [6, 6.07) is 8.12. The van der Waals surface area contributed by atoms with Gasteiger partial charge in [-0.1, -0.05) is 6.07 Å². The molecule has 0 amide bonds. The fourth-order valence-corrected chi connectivity index (χ4v) is 2.96. The topological polar surface area (TPSA) is 87.7 Å². The fourth-order valence-electron chi connectivity index (χ4n) is 2.67. The van der Waals surface area contributed by atoms with Crippen LogP contribution in [0, 0.1) is 0 Å². The SMILES string of the molecule is Brc1cnc(Nc2ccc3c(c2)CNCC3)nc1Nc1ncccn1. The molecule has 1 aromatic carbocycles. The second-order valence-electron chi connectivity index (χ2n) is 5.62. The highest BCUT2D eigenvalue weighted by Gasteiger charge is 2.11. The third kappa shape index (κ3) is 3.75. The van der Waals surface area contributed by atoms with Gasteiger partial charge in [0.2, 0.25) is 11.9 Å². The lowest BCUT2D eigenvalue weighted by atomic mass is 10.0. The number of aromatic nitrogens is 4. The molecule has 0 atom stereocenters. The molecule has 126 valence electrons. The molecule has 1 aliphatic rings. The molecule has 0 aliphatic carbocycles. The van der Waals surface area contributed by atoms with Crippen molar-refractivity contribution in [1.82, 2.24) is 25.3 Å². The Kier molecular flexibility index (Phi) is 4.53. The van der Waals surface area contributed by atoms with Gasteiger partial charge >= 0.3 is 0 Å². The molecule has 0 saturated carbocycles. The molecule has 8 heteroatoms. The zero-order chi connectivity index (χ0) is 17.1. The second-order valence-corrected chi connectivity index (χ2v) is 6.48. The van der Waals surface area contributed by atoms with Crippen LogP contribution < -0.4 is 16.0 Å². The van der Waals surface area contributed by atoms with E-state index in [9.17, 15) is 0 Å². The number of nitrogens with zero attached hydrogens (tertiary/aromatic N) is 4. The van der Waals surface area contributed by atoms with Gasteiger partial charge in [-0.25, -0.2) is 15.0 Å². The molecule has 2 aromatic heterocycles. The third-order valence-electron chi connectivity index (χ3n) is 3.89. The lowest BCUT2D eigenvalue weighted by molar-refractivity contribution is 0.644. The van der Waals surface area contributed by atoms with Crippen LogP contribution in [0.1, 0.15) is 11.1 Å². The Balaban J connectivity index is 1.56. The maximum Gasteiger partial charge on any atom is 0.229 e. The van der Waals surface area contributed by atoms with Crippen LogP contribution in [0.5, 0.6) is 0 Å². The van der Waals surface area contributed by atoms with Gasteiger partial charge in [0, 0.05) is 30.8 Å². The first-order valence-electron chi connectivity index (χ1n) is 7.94. The van der Waals surface area contributed by atoms with Gasteiger partial charge in [-0.05, 0) is 58.2 Å². The van der Waals surface area contributed by atoms with Crippen molar-refractivity contribution in [1.29, 1.82) is 0 Å². The van der Waals surface area contributed by atoms with Crippen molar-refractivity contribution in [2.24, 2.45) is 0 Å². The van der Waals surface area contributed by atoms with Gasteiger partial charge in [0.05, 0.1) is 4.47 Å². The van der Waals surface area contributed by atoms with Crippen LogP contribution >= 0.6 is 15.9 Å². The molecule has 0 unspecified atom stereocenters. The highest BCUT2D eigenvalue weighted by Crippen LogP contribution is 2.25. The van der Waals surface area contributed by atoms with Crippen LogP contribution in [0.4, 0.5) is 23.4 Å². The van der Waals surface area contributed by atoms with Crippen LogP contribution in [0.2, 0.25) is 0 Å². The minimum atomic E-state index is 0.479. The first-order valence-corrected chi connectivity index (χ1v) is 8.73. The number of benzene rings is 1. The summed E-state index contributed by atoms with van der Waals surface area (Å²) in [5.74, 6) is 1.58. The maximum atomic E-state index is 4.50. The van der Waals surface area contributed by atoms with Gasteiger partial charge in [-0.15, -0.1) is 0 Å². The molecule has 0 saturated heterocycles. The highest BCUT2D eigenvalue weighted by atomic mass is 79.9. The molecule has 7 nitrogen and oxygen atoms in total.